The lowest BCUT2D eigenvalue weighted by molar-refractivity contribution is 0.461. The van der Waals surface area contributed by atoms with Crippen LogP contribution in [0.4, 0.5) is 0 Å². The molecule has 15 heavy (non-hydrogen) atoms. The highest BCUT2D eigenvalue weighted by atomic mass is 31.2. The molecule has 0 unspecified atom stereocenters. The lowest BCUT2D eigenvalue weighted by atomic mass is 10.5. The van der Waals surface area contributed by atoms with E-state index >= 15 is 0 Å². The summed E-state index contributed by atoms with van der Waals surface area (Å²) in [6, 6.07) is 0. The van der Waals surface area contributed by atoms with E-state index in [9.17, 15) is 4.57 Å². The predicted octanol–water partition coefficient (Wildman–Crippen LogP) is -0.571. The molecule has 4 N–H and O–H groups in total. The maximum absolute atomic E-state index is 10.2. The Morgan fingerprint density at radius 1 is 0.800 bits per heavy atom. The first-order chi connectivity index (χ1) is 7.21. The largest absolute Gasteiger partial charge is 0.344 e. The van der Waals surface area contributed by atoms with Crippen LogP contribution >= 0.6 is 7.37 Å². The highest BCUT2D eigenvalue weighted by Gasteiger charge is 2.26. The standard InChI is InChI=1S/C6H15N3.C3H7O2P/c1-2-8-5-6-9-4-3-7-1;4-6(5)2-1-3-6/h7-9H,1-6H2;1-3H2,(H,4,5). The van der Waals surface area contributed by atoms with Gasteiger partial charge in [0.1, 0.15) is 0 Å². The van der Waals surface area contributed by atoms with E-state index in [1.165, 1.54) is 0 Å². The van der Waals surface area contributed by atoms with E-state index in [1.807, 2.05) is 0 Å². The summed E-state index contributed by atoms with van der Waals surface area (Å²) < 4.78 is 10.2. The zero-order chi connectivity index (χ0) is 11.0. The summed E-state index contributed by atoms with van der Waals surface area (Å²) in [5.74, 6) is 0. The van der Waals surface area contributed by atoms with Crippen molar-refractivity contribution in [2.75, 3.05) is 51.6 Å². The summed E-state index contributed by atoms with van der Waals surface area (Å²) in [7, 11) is -2.47. The fourth-order valence-corrected chi connectivity index (χ4v) is 2.19. The number of rotatable bonds is 0. The zero-order valence-corrected chi connectivity index (χ0v) is 10.1. The Bertz CT molecular complexity index is 177. The van der Waals surface area contributed by atoms with Crippen molar-refractivity contribution in [3.8, 4) is 0 Å². The molecule has 0 aromatic rings. The second-order valence-electron chi connectivity index (χ2n) is 3.90. The fourth-order valence-electron chi connectivity index (χ4n) is 1.33. The number of nitrogens with one attached hydrogen (secondary N) is 3. The smallest absolute Gasteiger partial charge is 0.200 e. The molecule has 0 atom stereocenters. The van der Waals surface area contributed by atoms with Crippen LogP contribution in [0.25, 0.3) is 0 Å². The van der Waals surface area contributed by atoms with Crippen molar-refractivity contribution in [2.45, 2.75) is 6.42 Å². The third-order valence-electron chi connectivity index (χ3n) is 2.45. The molecule has 2 rings (SSSR count). The molecule has 2 saturated heterocycles. The molecule has 5 nitrogen and oxygen atoms in total. The molecule has 90 valence electrons. The van der Waals surface area contributed by atoms with Gasteiger partial charge in [-0.05, 0) is 6.42 Å². The van der Waals surface area contributed by atoms with Gasteiger partial charge in [0, 0.05) is 51.6 Å². The Hall–Kier alpha value is 0.0700. The van der Waals surface area contributed by atoms with E-state index in [4.69, 9.17) is 4.89 Å². The molecule has 0 aliphatic carbocycles. The summed E-state index contributed by atoms with van der Waals surface area (Å²) >= 11 is 0. The second kappa shape index (κ2) is 7.36. The van der Waals surface area contributed by atoms with Crippen LogP contribution in [0.1, 0.15) is 6.42 Å². The molecule has 0 amide bonds. The zero-order valence-electron chi connectivity index (χ0n) is 9.17. The van der Waals surface area contributed by atoms with Crippen molar-refractivity contribution in [3.05, 3.63) is 0 Å². The second-order valence-corrected chi connectivity index (χ2v) is 6.48. The molecule has 0 aromatic carbocycles. The average molecular weight is 235 g/mol. The van der Waals surface area contributed by atoms with Gasteiger partial charge in [0.05, 0.1) is 0 Å². The minimum atomic E-state index is -2.47. The van der Waals surface area contributed by atoms with Crippen molar-refractivity contribution < 1.29 is 9.46 Å². The summed E-state index contributed by atoms with van der Waals surface area (Å²) in [6.45, 7) is 6.59. The maximum atomic E-state index is 10.2. The van der Waals surface area contributed by atoms with Gasteiger partial charge in [-0.15, -0.1) is 0 Å². The lowest BCUT2D eigenvalue weighted by Gasteiger charge is -2.18. The van der Waals surface area contributed by atoms with Crippen LogP contribution in [0.15, 0.2) is 0 Å². The summed E-state index contributed by atoms with van der Waals surface area (Å²) in [6.07, 6.45) is 2.08. The van der Waals surface area contributed by atoms with E-state index in [0.29, 0.717) is 12.3 Å². The minimum Gasteiger partial charge on any atom is -0.344 e. The molecule has 0 radical (unpaired) electrons. The van der Waals surface area contributed by atoms with Gasteiger partial charge in [0.25, 0.3) is 0 Å². The van der Waals surface area contributed by atoms with Crippen molar-refractivity contribution >= 4 is 7.37 Å². The van der Waals surface area contributed by atoms with Crippen molar-refractivity contribution in [1.29, 1.82) is 0 Å². The number of hydrogen-bond acceptors (Lipinski definition) is 4. The van der Waals surface area contributed by atoms with Crippen LogP contribution in [0.3, 0.4) is 0 Å². The Labute approximate surface area is 91.5 Å². The Kier molecular flexibility index (Phi) is 6.45. The maximum Gasteiger partial charge on any atom is 0.200 e. The molecule has 2 aliphatic heterocycles. The molecule has 0 aromatic heterocycles. The summed E-state index contributed by atoms with van der Waals surface area (Å²) in [5, 5.41) is 9.91. The van der Waals surface area contributed by atoms with E-state index in [-0.39, 0.29) is 0 Å². The van der Waals surface area contributed by atoms with Gasteiger partial charge in [0.15, 0.2) is 0 Å². The first-order valence-corrected chi connectivity index (χ1v) is 7.67. The summed E-state index contributed by atoms with van der Waals surface area (Å²) in [5.41, 5.74) is 0. The van der Waals surface area contributed by atoms with Crippen molar-refractivity contribution in [1.82, 2.24) is 16.0 Å². The highest BCUT2D eigenvalue weighted by molar-refractivity contribution is 7.59. The molecular weight excluding hydrogens is 213 g/mol. The third kappa shape index (κ3) is 7.03. The molecule has 2 heterocycles. The van der Waals surface area contributed by atoms with E-state index in [1.54, 1.807) is 0 Å². The Morgan fingerprint density at radius 3 is 1.20 bits per heavy atom. The average Bonchev–Trinajstić information content (AvgIpc) is 2.31. The predicted molar refractivity (Wildman–Crippen MR) is 62.8 cm³/mol. The van der Waals surface area contributed by atoms with Crippen LogP contribution in [-0.4, -0.2) is 56.5 Å². The van der Waals surface area contributed by atoms with Crippen molar-refractivity contribution in [2.24, 2.45) is 0 Å². The third-order valence-corrected chi connectivity index (χ3v) is 4.48. The van der Waals surface area contributed by atoms with E-state index in [2.05, 4.69) is 16.0 Å². The van der Waals surface area contributed by atoms with Gasteiger partial charge in [-0.25, -0.2) is 0 Å². The van der Waals surface area contributed by atoms with E-state index in [0.717, 1.165) is 45.7 Å². The van der Waals surface area contributed by atoms with Gasteiger partial charge in [-0.2, -0.15) is 0 Å². The van der Waals surface area contributed by atoms with Crippen LogP contribution in [0.5, 0.6) is 0 Å². The van der Waals surface area contributed by atoms with Gasteiger partial charge in [-0.1, -0.05) is 0 Å². The monoisotopic (exact) mass is 235 g/mol. The SMILES string of the molecule is C1CNCCNCCN1.O=P1(O)CCC1. The van der Waals surface area contributed by atoms with Gasteiger partial charge < -0.3 is 20.8 Å². The molecular formula is C9H22N3O2P. The van der Waals surface area contributed by atoms with Gasteiger partial charge >= 0.3 is 0 Å². The molecule has 2 fully saturated rings. The van der Waals surface area contributed by atoms with Crippen LogP contribution in [-0.2, 0) is 4.57 Å². The summed E-state index contributed by atoms with van der Waals surface area (Å²) in [4.78, 5) is 8.47. The first-order valence-electron chi connectivity index (χ1n) is 5.64. The Balaban J connectivity index is 0.000000162. The van der Waals surface area contributed by atoms with Crippen LogP contribution in [0, 0.1) is 0 Å². The first kappa shape index (κ1) is 13.1. The van der Waals surface area contributed by atoms with E-state index < -0.39 is 7.37 Å². The molecule has 0 bridgehead atoms. The molecule has 2 aliphatic rings. The van der Waals surface area contributed by atoms with Crippen LogP contribution < -0.4 is 16.0 Å². The number of hydrogen-bond donors (Lipinski definition) is 4. The van der Waals surface area contributed by atoms with Gasteiger partial charge in [-0.3, -0.25) is 4.57 Å². The fraction of sp³-hybridized carbons (Fsp3) is 1.00. The van der Waals surface area contributed by atoms with Crippen molar-refractivity contribution in [3.63, 3.8) is 0 Å². The quantitative estimate of drug-likeness (QED) is 0.423. The molecule has 0 saturated carbocycles. The molecule has 6 heteroatoms. The topological polar surface area (TPSA) is 73.4 Å². The Morgan fingerprint density at radius 2 is 1.07 bits per heavy atom. The lowest BCUT2D eigenvalue weighted by Crippen LogP contribution is -2.27. The normalized spacial score (nSPS) is 25.9. The van der Waals surface area contributed by atoms with Gasteiger partial charge in [0.2, 0.25) is 7.37 Å². The minimum absolute atomic E-state index is 0.562. The van der Waals surface area contributed by atoms with Crippen LogP contribution in [0.2, 0.25) is 0 Å². The molecule has 0 spiro atoms. The highest BCUT2D eigenvalue weighted by Crippen LogP contribution is 2.50.